The van der Waals surface area contributed by atoms with Crippen molar-refractivity contribution in [3.8, 4) is 11.5 Å². The third-order valence-electron chi connectivity index (χ3n) is 6.47. The molecule has 216 valence electrons. The van der Waals surface area contributed by atoms with Gasteiger partial charge in [-0.1, -0.05) is 18.7 Å². The molecule has 0 saturated heterocycles. The van der Waals surface area contributed by atoms with Crippen LogP contribution in [0.15, 0.2) is 48.7 Å². The normalized spacial score (nSPS) is 15.0. The summed E-state index contributed by atoms with van der Waals surface area (Å²) in [5, 5.41) is 5.18. The third kappa shape index (κ3) is 7.13. The van der Waals surface area contributed by atoms with Gasteiger partial charge in [0.25, 0.3) is 11.8 Å². The van der Waals surface area contributed by atoms with Crippen LogP contribution in [0.3, 0.4) is 0 Å². The smallest absolute Gasteiger partial charge is 0.357 e. The van der Waals surface area contributed by atoms with E-state index in [9.17, 15) is 27.6 Å². The van der Waals surface area contributed by atoms with Crippen molar-refractivity contribution in [3.05, 3.63) is 65.4 Å². The predicted molar refractivity (Wildman–Crippen MR) is 144 cm³/mol. The number of carbonyl (C=O) groups excluding carboxylic acids is 3. The molecule has 40 heavy (non-hydrogen) atoms. The molecular formula is C29H34F3N3O5. The lowest BCUT2D eigenvalue weighted by Gasteiger charge is -2.37. The molecule has 2 aromatic rings. The molecule has 0 spiro atoms. The Hall–Kier alpha value is -4.02. The zero-order chi connectivity index (χ0) is 29.8. The van der Waals surface area contributed by atoms with E-state index in [4.69, 9.17) is 9.47 Å². The fourth-order valence-corrected chi connectivity index (χ4v) is 3.84. The molecule has 2 N–H and O–H groups in total. The van der Waals surface area contributed by atoms with Crippen molar-refractivity contribution < 1.29 is 37.0 Å². The topological polar surface area (TPSA) is 97.0 Å². The Morgan fingerprint density at radius 1 is 1.07 bits per heavy atom. The van der Waals surface area contributed by atoms with Gasteiger partial charge in [-0.25, -0.2) is 4.39 Å². The molecule has 0 aromatic heterocycles. The minimum absolute atomic E-state index is 0.0251. The van der Waals surface area contributed by atoms with Crippen molar-refractivity contribution in [3.63, 3.8) is 0 Å². The van der Waals surface area contributed by atoms with E-state index in [1.165, 1.54) is 12.1 Å². The number of aryl methyl sites for hydroxylation is 3. The fourth-order valence-electron chi connectivity index (χ4n) is 3.84. The van der Waals surface area contributed by atoms with Gasteiger partial charge in [-0.15, -0.1) is 0 Å². The molecule has 0 aliphatic carbocycles. The SMILES string of the molecule is C=C(CCNC(=O)C1CN(C(=O)C(F)(F)C(C)(C)F)c2cc(C)ccc2O1)NC(=O)COc1ccc(C)c(C)c1. The van der Waals surface area contributed by atoms with Crippen molar-refractivity contribution in [1.82, 2.24) is 10.6 Å². The van der Waals surface area contributed by atoms with Crippen LogP contribution in [-0.4, -0.2) is 55.1 Å². The number of fused-ring (bicyclic) bond motifs is 1. The van der Waals surface area contributed by atoms with Crippen LogP contribution in [-0.2, 0) is 14.4 Å². The van der Waals surface area contributed by atoms with Gasteiger partial charge in [-0.2, -0.15) is 8.78 Å². The van der Waals surface area contributed by atoms with Crippen LogP contribution >= 0.6 is 0 Å². The summed E-state index contributed by atoms with van der Waals surface area (Å²) in [6.07, 6.45) is -1.16. The molecule has 2 aromatic carbocycles. The van der Waals surface area contributed by atoms with Crippen molar-refractivity contribution in [1.29, 1.82) is 0 Å². The molecule has 1 heterocycles. The van der Waals surface area contributed by atoms with Gasteiger partial charge < -0.3 is 20.1 Å². The Morgan fingerprint density at radius 3 is 2.42 bits per heavy atom. The number of rotatable bonds is 10. The molecule has 0 radical (unpaired) electrons. The molecular weight excluding hydrogens is 527 g/mol. The number of nitrogens with zero attached hydrogens (tertiary/aromatic N) is 1. The van der Waals surface area contributed by atoms with Gasteiger partial charge >= 0.3 is 11.8 Å². The van der Waals surface area contributed by atoms with Gasteiger partial charge in [-0.3, -0.25) is 19.3 Å². The summed E-state index contributed by atoms with van der Waals surface area (Å²) in [5.74, 6) is -6.62. The first kappa shape index (κ1) is 30.5. The number of anilines is 1. The molecule has 3 amide bonds. The van der Waals surface area contributed by atoms with Gasteiger partial charge in [0.15, 0.2) is 18.4 Å². The van der Waals surface area contributed by atoms with Crippen LogP contribution in [0.2, 0.25) is 0 Å². The van der Waals surface area contributed by atoms with E-state index in [0.29, 0.717) is 35.8 Å². The highest BCUT2D eigenvalue weighted by Gasteiger charge is 2.57. The summed E-state index contributed by atoms with van der Waals surface area (Å²) >= 11 is 0. The van der Waals surface area contributed by atoms with E-state index in [2.05, 4.69) is 17.2 Å². The number of amides is 3. The quantitative estimate of drug-likeness (QED) is 0.451. The van der Waals surface area contributed by atoms with Crippen LogP contribution in [0.5, 0.6) is 11.5 Å². The van der Waals surface area contributed by atoms with E-state index in [-0.39, 0.29) is 31.0 Å². The largest absolute Gasteiger partial charge is 0.484 e. The molecule has 0 bridgehead atoms. The van der Waals surface area contributed by atoms with Gasteiger partial charge in [0.1, 0.15) is 11.5 Å². The zero-order valence-electron chi connectivity index (χ0n) is 23.2. The number of nitrogens with one attached hydrogen (secondary N) is 2. The molecule has 3 rings (SSSR count). The summed E-state index contributed by atoms with van der Waals surface area (Å²) in [7, 11) is 0. The van der Waals surface area contributed by atoms with Gasteiger partial charge in [0.2, 0.25) is 0 Å². The van der Waals surface area contributed by atoms with Crippen LogP contribution < -0.4 is 25.0 Å². The van der Waals surface area contributed by atoms with E-state index >= 15 is 0 Å². The number of hydrogen-bond acceptors (Lipinski definition) is 5. The van der Waals surface area contributed by atoms with Crippen LogP contribution in [0.1, 0.15) is 37.0 Å². The maximum atomic E-state index is 14.7. The number of carbonyl (C=O) groups is 3. The molecule has 1 unspecified atom stereocenters. The molecule has 1 atom stereocenters. The Morgan fingerprint density at radius 2 is 1.77 bits per heavy atom. The second-order valence-corrected chi connectivity index (χ2v) is 10.3. The minimum Gasteiger partial charge on any atom is -0.484 e. The number of halogens is 3. The number of benzene rings is 2. The van der Waals surface area contributed by atoms with Crippen molar-refractivity contribution >= 4 is 23.4 Å². The van der Waals surface area contributed by atoms with E-state index in [1.54, 1.807) is 19.1 Å². The maximum absolute atomic E-state index is 14.7. The number of hydrogen-bond donors (Lipinski definition) is 2. The molecule has 8 nitrogen and oxygen atoms in total. The lowest BCUT2D eigenvalue weighted by Crippen LogP contribution is -2.58. The summed E-state index contributed by atoms with van der Waals surface area (Å²) in [4.78, 5) is 38.5. The average Bonchev–Trinajstić information content (AvgIpc) is 2.87. The zero-order valence-corrected chi connectivity index (χ0v) is 23.2. The van der Waals surface area contributed by atoms with Crippen LogP contribution in [0.4, 0.5) is 18.9 Å². The van der Waals surface area contributed by atoms with Crippen LogP contribution in [0, 0.1) is 20.8 Å². The van der Waals surface area contributed by atoms with Gasteiger partial charge in [0, 0.05) is 18.7 Å². The first-order chi connectivity index (χ1) is 18.6. The molecule has 1 aliphatic heterocycles. The summed E-state index contributed by atoms with van der Waals surface area (Å²) < 4.78 is 54.7. The summed E-state index contributed by atoms with van der Waals surface area (Å²) in [6.45, 7) is 9.87. The average molecular weight is 562 g/mol. The van der Waals surface area contributed by atoms with E-state index < -0.39 is 42.0 Å². The van der Waals surface area contributed by atoms with E-state index in [0.717, 1.165) is 11.1 Å². The van der Waals surface area contributed by atoms with Gasteiger partial charge in [0.05, 0.1) is 12.2 Å². The minimum atomic E-state index is -4.34. The lowest BCUT2D eigenvalue weighted by atomic mass is 10.00. The van der Waals surface area contributed by atoms with Crippen molar-refractivity contribution in [2.24, 2.45) is 0 Å². The Balaban J connectivity index is 1.56. The Labute approximate surface area is 231 Å². The van der Waals surface area contributed by atoms with E-state index in [1.807, 2.05) is 26.0 Å². The van der Waals surface area contributed by atoms with Gasteiger partial charge in [-0.05, 0) is 75.6 Å². The first-order valence-electron chi connectivity index (χ1n) is 12.7. The van der Waals surface area contributed by atoms with Crippen molar-refractivity contribution in [2.75, 3.05) is 24.6 Å². The third-order valence-corrected chi connectivity index (χ3v) is 6.47. The maximum Gasteiger partial charge on any atom is 0.357 e. The highest BCUT2D eigenvalue weighted by molar-refractivity contribution is 6.02. The Kier molecular flexibility index (Phi) is 9.17. The predicted octanol–water partition coefficient (Wildman–Crippen LogP) is 4.30. The summed E-state index contributed by atoms with van der Waals surface area (Å²) in [5.41, 5.74) is 0.0139. The lowest BCUT2D eigenvalue weighted by molar-refractivity contribution is -0.165. The summed E-state index contributed by atoms with van der Waals surface area (Å²) in [6, 6.07) is 10.0. The Bertz CT molecular complexity index is 1310. The number of alkyl halides is 3. The second kappa shape index (κ2) is 12.0. The molecule has 0 saturated carbocycles. The molecule has 1 aliphatic rings. The fraction of sp³-hybridized carbons (Fsp3) is 0.414. The highest BCUT2D eigenvalue weighted by Crippen LogP contribution is 2.40. The monoisotopic (exact) mass is 561 g/mol. The number of ether oxygens (including phenoxy) is 2. The molecule has 0 fully saturated rings. The first-order valence-corrected chi connectivity index (χ1v) is 12.7. The standard InChI is InChI=1S/C29H34F3N3O5/c1-17-7-10-23-22(13-17)35(27(38)29(31,32)28(5,6)30)15-24(40-23)26(37)33-12-11-20(4)34-25(36)16-39-21-9-8-18(2)19(3)14-21/h7-10,13-14,24H,4,11-12,15-16H2,1-3,5-6H3,(H,33,37)(H,34,36). The highest BCUT2D eigenvalue weighted by atomic mass is 19.3. The second-order valence-electron chi connectivity index (χ2n) is 10.3. The van der Waals surface area contributed by atoms with Crippen molar-refractivity contribution in [2.45, 2.75) is 58.7 Å². The molecule has 11 heteroatoms. The van der Waals surface area contributed by atoms with Crippen LogP contribution in [0.25, 0.3) is 0 Å².